The van der Waals surface area contributed by atoms with Crippen molar-refractivity contribution in [2.75, 3.05) is 11.9 Å². The van der Waals surface area contributed by atoms with Crippen molar-refractivity contribution in [3.8, 4) is 0 Å². The summed E-state index contributed by atoms with van der Waals surface area (Å²) in [6, 6.07) is 6.64. The molecule has 2 aromatic rings. The van der Waals surface area contributed by atoms with Crippen LogP contribution in [0.15, 0.2) is 42.5 Å². The molecule has 11 heteroatoms. The van der Waals surface area contributed by atoms with Crippen molar-refractivity contribution in [3.05, 3.63) is 68.7 Å². The first-order valence-corrected chi connectivity index (χ1v) is 7.54. The second-order valence-electron chi connectivity index (χ2n) is 5.12. The molecule has 0 heterocycles. The van der Waals surface area contributed by atoms with Crippen molar-refractivity contribution >= 4 is 34.9 Å². The van der Waals surface area contributed by atoms with Gasteiger partial charge in [0.05, 0.1) is 26.8 Å². The summed E-state index contributed by atoms with van der Waals surface area (Å²) in [4.78, 5) is 33.5. The summed E-state index contributed by atoms with van der Waals surface area (Å²) in [6.07, 6.45) is -4.54. The third-order valence-electron chi connectivity index (χ3n) is 3.22. The Morgan fingerprint density at radius 1 is 1.15 bits per heavy atom. The molecule has 1 amide bonds. The molecule has 27 heavy (non-hydrogen) atoms. The van der Waals surface area contributed by atoms with E-state index in [9.17, 15) is 32.9 Å². The van der Waals surface area contributed by atoms with Gasteiger partial charge in [0.2, 0.25) is 0 Å². The van der Waals surface area contributed by atoms with Gasteiger partial charge in [-0.25, -0.2) is 4.79 Å². The highest BCUT2D eigenvalue weighted by Crippen LogP contribution is 2.29. The Morgan fingerprint density at radius 2 is 1.78 bits per heavy atom. The minimum absolute atomic E-state index is 0.0674. The fourth-order valence-corrected chi connectivity index (χ4v) is 2.14. The molecule has 7 nitrogen and oxygen atoms in total. The van der Waals surface area contributed by atoms with Crippen LogP contribution < -0.4 is 5.32 Å². The maximum atomic E-state index is 12.5. The predicted octanol–water partition coefficient (Wildman–Crippen LogP) is 4.06. The van der Waals surface area contributed by atoms with Crippen molar-refractivity contribution in [1.29, 1.82) is 0 Å². The zero-order valence-electron chi connectivity index (χ0n) is 13.2. The molecule has 0 spiro atoms. The van der Waals surface area contributed by atoms with Crippen molar-refractivity contribution in [1.82, 2.24) is 0 Å². The lowest BCUT2D eigenvalue weighted by atomic mass is 10.1. The number of anilines is 1. The minimum Gasteiger partial charge on any atom is -0.452 e. The summed E-state index contributed by atoms with van der Waals surface area (Å²) in [5.41, 5.74) is -1.29. The van der Waals surface area contributed by atoms with Gasteiger partial charge in [-0.15, -0.1) is 0 Å². The van der Waals surface area contributed by atoms with E-state index in [4.69, 9.17) is 16.3 Å². The number of benzene rings is 2. The maximum absolute atomic E-state index is 12.5. The third kappa shape index (κ3) is 5.42. The standard InChI is InChI=1S/C16H10ClF3N2O5/c17-12-7-11(22(25)26)5-6-13(12)21-14(23)8-27-15(24)9-1-3-10(4-2-9)16(18,19)20/h1-7H,8H2,(H,21,23). The molecule has 142 valence electrons. The van der Waals surface area contributed by atoms with E-state index in [0.29, 0.717) is 12.1 Å². The van der Waals surface area contributed by atoms with Crippen LogP contribution in [0.25, 0.3) is 0 Å². The molecule has 2 rings (SSSR count). The first-order chi connectivity index (χ1) is 12.6. The predicted molar refractivity (Wildman–Crippen MR) is 88.5 cm³/mol. The molecule has 0 aliphatic heterocycles. The van der Waals surface area contributed by atoms with Gasteiger partial charge in [-0.1, -0.05) is 11.6 Å². The van der Waals surface area contributed by atoms with E-state index in [-0.39, 0.29) is 22.0 Å². The van der Waals surface area contributed by atoms with Gasteiger partial charge in [0.1, 0.15) is 0 Å². The molecule has 0 aliphatic carbocycles. The molecule has 2 aromatic carbocycles. The molecule has 1 N–H and O–H groups in total. The number of ether oxygens (including phenoxy) is 1. The number of carbonyl (C=O) groups is 2. The third-order valence-corrected chi connectivity index (χ3v) is 3.53. The van der Waals surface area contributed by atoms with Crippen molar-refractivity contribution < 1.29 is 32.4 Å². The molecule has 0 aliphatic rings. The van der Waals surface area contributed by atoms with Crippen LogP contribution in [0.4, 0.5) is 24.5 Å². The van der Waals surface area contributed by atoms with E-state index in [1.807, 2.05) is 0 Å². The molecule has 0 unspecified atom stereocenters. The van der Waals surface area contributed by atoms with Gasteiger partial charge in [0.25, 0.3) is 11.6 Å². The molecule has 0 saturated carbocycles. The Kier molecular flexibility index (Phi) is 6.01. The van der Waals surface area contributed by atoms with E-state index < -0.39 is 35.1 Å². The van der Waals surface area contributed by atoms with E-state index in [1.54, 1.807) is 0 Å². The number of nitrogens with one attached hydrogen (secondary N) is 1. The first-order valence-electron chi connectivity index (χ1n) is 7.16. The second-order valence-corrected chi connectivity index (χ2v) is 5.53. The number of nitro groups is 1. The molecule has 0 atom stereocenters. The van der Waals surface area contributed by atoms with Crippen molar-refractivity contribution in [2.24, 2.45) is 0 Å². The van der Waals surface area contributed by atoms with E-state index in [0.717, 1.165) is 24.3 Å². The summed E-state index contributed by atoms with van der Waals surface area (Å²) >= 11 is 5.81. The Hall–Kier alpha value is -3.14. The number of carbonyl (C=O) groups excluding carboxylic acids is 2. The summed E-state index contributed by atoms with van der Waals surface area (Å²) in [6.45, 7) is -0.729. The van der Waals surface area contributed by atoms with Crippen LogP contribution in [0, 0.1) is 10.1 Å². The Balaban J connectivity index is 1.93. The van der Waals surface area contributed by atoms with Gasteiger partial charge in [-0.05, 0) is 30.3 Å². The lowest BCUT2D eigenvalue weighted by molar-refractivity contribution is -0.384. The highest BCUT2D eigenvalue weighted by atomic mass is 35.5. The number of hydrogen-bond acceptors (Lipinski definition) is 5. The molecule has 0 aromatic heterocycles. The minimum atomic E-state index is -4.54. The summed E-state index contributed by atoms with van der Waals surface area (Å²) in [7, 11) is 0. The van der Waals surface area contributed by atoms with Gasteiger partial charge in [-0.2, -0.15) is 13.2 Å². The van der Waals surface area contributed by atoms with Crippen LogP contribution in [0.5, 0.6) is 0 Å². The molecular formula is C16H10ClF3N2O5. The van der Waals surface area contributed by atoms with E-state index in [1.165, 1.54) is 6.07 Å². The average molecular weight is 403 g/mol. The Labute approximate surface area is 154 Å². The second kappa shape index (κ2) is 8.04. The van der Waals surface area contributed by atoms with Gasteiger partial charge in [-0.3, -0.25) is 14.9 Å². The summed E-state index contributed by atoms with van der Waals surface area (Å²) < 4.78 is 42.1. The van der Waals surface area contributed by atoms with Crippen LogP contribution in [-0.4, -0.2) is 23.4 Å². The number of rotatable bonds is 5. The van der Waals surface area contributed by atoms with Gasteiger partial charge < -0.3 is 10.1 Å². The van der Waals surface area contributed by atoms with Crippen LogP contribution >= 0.6 is 11.6 Å². The fourth-order valence-electron chi connectivity index (χ4n) is 1.91. The number of hydrogen-bond donors (Lipinski definition) is 1. The lowest BCUT2D eigenvalue weighted by Gasteiger charge is -2.09. The number of nitrogens with zero attached hydrogens (tertiary/aromatic N) is 1. The molecule has 0 radical (unpaired) electrons. The zero-order chi connectivity index (χ0) is 20.2. The molecule has 0 saturated heterocycles. The lowest BCUT2D eigenvalue weighted by Crippen LogP contribution is -2.21. The summed E-state index contributed by atoms with van der Waals surface area (Å²) in [5, 5.41) is 12.8. The van der Waals surface area contributed by atoms with Gasteiger partial charge >= 0.3 is 12.1 Å². The number of amides is 1. The van der Waals surface area contributed by atoms with Gasteiger partial charge in [0, 0.05) is 12.1 Å². The smallest absolute Gasteiger partial charge is 0.416 e. The van der Waals surface area contributed by atoms with E-state index >= 15 is 0 Å². The average Bonchev–Trinajstić information content (AvgIpc) is 2.60. The fraction of sp³-hybridized carbons (Fsp3) is 0.125. The largest absolute Gasteiger partial charge is 0.452 e. The topological polar surface area (TPSA) is 98.5 Å². The number of nitro benzene ring substituents is 1. The quantitative estimate of drug-likeness (QED) is 0.462. The van der Waals surface area contributed by atoms with Crippen LogP contribution in [0.1, 0.15) is 15.9 Å². The number of non-ortho nitro benzene ring substituents is 1. The van der Waals surface area contributed by atoms with Crippen LogP contribution in [0.3, 0.4) is 0 Å². The monoisotopic (exact) mass is 402 g/mol. The Bertz CT molecular complexity index is 885. The highest BCUT2D eigenvalue weighted by Gasteiger charge is 2.30. The normalized spacial score (nSPS) is 11.0. The number of alkyl halides is 3. The van der Waals surface area contributed by atoms with Crippen molar-refractivity contribution in [3.63, 3.8) is 0 Å². The Morgan fingerprint density at radius 3 is 2.30 bits per heavy atom. The summed E-state index contributed by atoms with van der Waals surface area (Å²) in [5.74, 6) is -1.78. The van der Waals surface area contributed by atoms with Gasteiger partial charge in [0.15, 0.2) is 6.61 Å². The highest BCUT2D eigenvalue weighted by molar-refractivity contribution is 6.34. The SMILES string of the molecule is O=C(COC(=O)c1ccc(C(F)(F)F)cc1)Nc1ccc([N+](=O)[O-])cc1Cl. The molecular weight excluding hydrogens is 393 g/mol. The molecule has 0 fully saturated rings. The molecule has 0 bridgehead atoms. The number of esters is 1. The maximum Gasteiger partial charge on any atom is 0.416 e. The van der Waals surface area contributed by atoms with Crippen LogP contribution in [-0.2, 0) is 15.7 Å². The van der Waals surface area contributed by atoms with Crippen LogP contribution in [0.2, 0.25) is 5.02 Å². The van der Waals surface area contributed by atoms with E-state index in [2.05, 4.69) is 5.32 Å². The number of halogens is 4. The van der Waals surface area contributed by atoms with Crippen molar-refractivity contribution in [2.45, 2.75) is 6.18 Å². The first kappa shape index (κ1) is 20.2. The zero-order valence-corrected chi connectivity index (χ0v) is 14.0.